The van der Waals surface area contributed by atoms with E-state index < -0.39 is 16.4 Å². The zero-order valence-electron chi connectivity index (χ0n) is 8.32. The highest BCUT2D eigenvalue weighted by Gasteiger charge is 2.22. The lowest BCUT2D eigenvalue weighted by Gasteiger charge is -2.05. The fourth-order valence-electron chi connectivity index (χ4n) is 1.21. The summed E-state index contributed by atoms with van der Waals surface area (Å²) in [4.78, 5) is 9.71. The Labute approximate surface area is 85.6 Å². The number of nitrogens with zero attached hydrogens (tertiary/aromatic N) is 1. The Morgan fingerprint density at radius 3 is 2.60 bits per heavy atom. The summed E-state index contributed by atoms with van der Waals surface area (Å²) in [6.45, 7) is 0.172. The minimum atomic E-state index is -0.925. The third kappa shape index (κ3) is 2.41. The molecule has 1 rings (SSSR count). The van der Waals surface area contributed by atoms with E-state index in [1.54, 1.807) is 0 Å². The number of hydrogen-bond acceptors (Lipinski definition) is 4. The van der Waals surface area contributed by atoms with Crippen LogP contribution in [-0.4, -0.2) is 19.1 Å². The molecular weight excluding hydrogens is 205 g/mol. The van der Waals surface area contributed by atoms with E-state index in [1.807, 2.05) is 0 Å². The summed E-state index contributed by atoms with van der Waals surface area (Å²) in [5, 5.41) is 10.5. The van der Waals surface area contributed by atoms with Crippen molar-refractivity contribution in [3.63, 3.8) is 0 Å². The summed E-state index contributed by atoms with van der Waals surface area (Å²) in [5.41, 5.74) is -0.171. The normalized spacial score (nSPS) is 10.1. The lowest BCUT2D eigenvalue weighted by Crippen LogP contribution is -1.99. The predicted octanol–water partition coefficient (Wildman–Crippen LogP) is 1.89. The van der Waals surface area contributed by atoms with Gasteiger partial charge in [0.15, 0.2) is 5.75 Å². The van der Waals surface area contributed by atoms with Gasteiger partial charge in [0.2, 0.25) is 5.82 Å². The number of halogens is 1. The van der Waals surface area contributed by atoms with Crippen LogP contribution in [-0.2, 0) is 11.3 Å². The van der Waals surface area contributed by atoms with E-state index in [-0.39, 0.29) is 12.4 Å². The first-order valence-corrected chi connectivity index (χ1v) is 4.10. The van der Waals surface area contributed by atoms with Gasteiger partial charge in [0, 0.05) is 7.11 Å². The molecule has 1 aromatic carbocycles. The van der Waals surface area contributed by atoms with Crippen LogP contribution in [0.1, 0.15) is 5.56 Å². The molecule has 1 aromatic rings. The zero-order valence-corrected chi connectivity index (χ0v) is 8.32. The van der Waals surface area contributed by atoms with Gasteiger partial charge in [0.25, 0.3) is 0 Å². The average Bonchev–Trinajstić information content (AvgIpc) is 2.16. The summed E-state index contributed by atoms with van der Waals surface area (Å²) in [5.74, 6) is -1.03. The van der Waals surface area contributed by atoms with Gasteiger partial charge in [-0.1, -0.05) is 0 Å². The van der Waals surface area contributed by atoms with Crippen LogP contribution in [0.4, 0.5) is 10.1 Å². The molecule has 0 fully saturated rings. The summed E-state index contributed by atoms with van der Waals surface area (Å²) in [7, 11) is 2.70. The third-order valence-corrected chi connectivity index (χ3v) is 1.80. The monoisotopic (exact) mass is 215 g/mol. The molecule has 0 radical (unpaired) electrons. The molecule has 0 aliphatic heterocycles. The van der Waals surface area contributed by atoms with Crippen molar-refractivity contribution in [2.24, 2.45) is 0 Å². The highest BCUT2D eigenvalue weighted by molar-refractivity contribution is 5.49. The summed E-state index contributed by atoms with van der Waals surface area (Å²) in [6.07, 6.45) is 0. The molecule has 0 saturated heterocycles. The first kappa shape index (κ1) is 11.4. The molecule has 0 bridgehead atoms. The third-order valence-electron chi connectivity index (χ3n) is 1.80. The van der Waals surface area contributed by atoms with Crippen molar-refractivity contribution < 1.29 is 18.8 Å². The second-order valence-corrected chi connectivity index (χ2v) is 2.82. The molecule has 0 spiro atoms. The largest absolute Gasteiger partial charge is 0.490 e. The van der Waals surface area contributed by atoms with Gasteiger partial charge < -0.3 is 9.47 Å². The minimum Gasteiger partial charge on any atom is -0.490 e. The van der Waals surface area contributed by atoms with Crippen LogP contribution in [0.5, 0.6) is 5.75 Å². The lowest BCUT2D eigenvalue weighted by molar-refractivity contribution is -0.388. The summed E-state index contributed by atoms with van der Waals surface area (Å²) < 4.78 is 22.8. The predicted molar refractivity (Wildman–Crippen MR) is 50.3 cm³/mol. The Bertz CT molecular complexity index is 381. The van der Waals surface area contributed by atoms with E-state index in [2.05, 4.69) is 0 Å². The van der Waals surface area contributed by atoms with Gasteiger partial charge in [0.05, 0.1) is 18.6 Å². The van der Waals surface area contributed by atoms with Crippen LogP contribution < -0.4 is 4.74 Å². The van der Waals surface area contributed by atoms with Crippen molar-refractivity contribution in [2.45, 2.75) is 6.61 Å². The van der Waals surface area contributed by atoms with Crippen molar-refractivity contribution in [1.82, 2.24) is 0 Å². The number of benzene rings is 1. The molecular formula is C9H10FNO4. The van der Waals surface area contributed by atoms with Gasteiger partial charge >= 0.3 is 5.69 Å². The van der Waals surface area contributed by atoms with E-state index in [1.165, 1.54) is 20.3 Å². The van der Waals surface area contributed by atoms with Crippen molar-refractivity contribution in [2.75, 3.05) is 14.2 Å². The van der Waals surface area contributed by atoms with Crippen LogP contribution in [0.15, 0.2) is 12.1 Å². The highest BCUT2D eigenvalue weighted by Crippen LogP contribution is 2.31. The van der Waals surface area contributed by atoms with Crippen molar-refractivity contribution in [3.8, 4) is 5.75 Å². The number of ether oxygens (including phenoxy) is 2. The van der Waals surface area contributed by atoms with Gasteiger partial charge in [-0.25, -0.2) is 0 Å². The topological polar surface area (TPSA) is 61.6 Å². The SMILES string of the molecule is COCc1cc(F)c([N+](=O)[O-])c(OC)c1. The molecule has 15 heavy (non-hydrogen) atoms. The minimum absolute atomic E-state index is 0.105. The molecule has 6 heteroatoms. The van der Waals surface area contributed by atoms with Crippen LogP contribution in [0.25, 0.3) is 0 Å². The first-order chi connectivity index (χ1) is 7.10. The van der Waals surface area contributed by atoms with E-state index in [9.17, 15) is 14.5 Å². The fraction of sp³-hybridized carbons (Fsp3) is 0.333. The zero-order chi connectivity index (χ0) is 11.4. The van der Waals surface area contributed by atoms with Gasteiger partial charge in [-0.3, -0.25) is 10.1 Å². The maximum atomic E-state index is 13.3. The second-order valence-electron chi connectivity index (χ2n) is 2.82. The van der Waals surface area contributed by atoms with Gasteiger partial charge in [-0.15, -0.1) is 0 Å². The number of rotatable bonds is 4. The first-order valence-electron chi connectivity index (χ1n) is 4.10. The Balaban J connectivity index is 3.24. The fourth-order valence-corrected chi connectivity index (χ4v) is 1.21. The van der Waals surface area contributed by atoms with Gasteiger partial charge in [-0.05, 0) is 17.7 Å². The Hall–Kier alpha value is -1.69. The lowest BCUT2D eigenvalue weighted by atomic mass is 10.2. The Morgan fingerprint density at radius 1 is 1.47 bits per heavy atom. The molecule has 0 aliphatic carbocycles. The highest BCUT2D eigenvalue weighted by atomic mass is 19.1. The molecule has 82 valence electrons. The molecule has 0 N–H and O–H groups in total. The van der Waals surface area contributed by atoms with E-state index in [4.69, 9.17) is 9.47 Å². The number of nitro groups is 1. The van der Waals surface area contributed by atoms with Crippen LogP contribution in [0.3, 0.4) is 0 Å². The van der Waals surface area contributed by atoms with Crippen molar-refractivity contribution in [1.29, 1.82) is 0 Å². The Kier molecular flexibility index (Phi) is 3.56. The van der Waals surface area contributed by atoms with Crippen molar-refractivity contribution >= 4 is 5.69 Å². The molecule has 0 aromatic heterocycles. The Morgan fingerprint density at radius 2 is 2.13 bits per heavy atom. The molecule has 0 atom stereocenters. The quantitative estimate of drug-likeness (QED) is 0.568. The molecule has 0 amide bonds. The van der Waals surface area contributed by atoms with Crippen LogP contribution in [0, 0.1) is 15.9 Å². The number of hydrogen-bond donors (Lipinski definition) is 0. The standard InChI is InChI=1S/C9H10FNO4/c1-14-5-6-3-7(10)9(11(12)13)8(4-6)15-2/h3-4H,5H2,1-2H3. The molecule has 0 aliphatic rings. The molecule has 0 heterocycles. The van der Waals surface area contributed by atoms with Crippen LogP contribution in [0.2, 0.25) is 0 Å². The molecule has 5 nitrogen and oxygen atoms in total. The smallest absolute Gasteiger partial charge is 0.346 e. The second kappa shape index (κ2) is 4.70. The maximum Gasteiger partial charge on any atom is 0.346 e. The van der Waals surface area contributed by atoms with E-state index >= 15 is 0 Å². The van der Waals surface area contributed by atoms with Crippen LogP contribution >= 0.6 is 0 Å². The van der Waals surface area contributed by atoms with E-state index in [0.29, 0.717) is 5.56 Å². The summed E-state index contributed by atoms with van der Waals surface area (Å²) >= 11 is 0. The number of methoxy groups -OCH3 is 2. The summed E-state index contributed by atoms with van der Waals surface area (Å²) in [6, 6.07) is 2.44. The maximum absolute atomic E-state index is 13.3. The molecule has 0 unspecified atom stereocenters. The number of nitro benzene ring substituents is 1. The van der Waals surface area contributed by atoms with E-state index in [0.717, 1.165) is 6.07 Å². The van der Waals surface area contributed by atoms with Gasteiger partial charge in [-0.2, -0.15) is 4.39 Å². The molecule has 0 saturated carbocycles. The van der Waals surface area contributed by atoms with Gasteiger partial charge in [0.1, 0.15) is 0 Å². The van der Waals surface area contributed by atoms with Crippen molar-refractivity contribution in [3.05, 3.63) is 33.6 Å². The average molecular weight is 215 g/mol.